The Morgan fingerprint density at radius 2 is 2.29 bits per heavy atom. The smallest absolute Gasteiger partial charge is 0.234 e. The summed E-state index contributed by atoms with van der Waals surface area (Å²) in [5.41, 5.74) is 2.37. The van der Waals surface area contributed by atoms with Crippen molar-refractivity contribution in [1.82, 2.24) is 20.0 Å². The fraction of sp³-hybridized carbons (Fsp3) is 0.667. The lowest BCUT2D eigenvalue weighted by atomic mass is 10.0. The third-order valence-electron chi connectivity index (χ3n) is 3.05. The van der Waals surface area contributed by atoms with Crippen LogP contribution in [-0.4, -0.2) is 40.2 Å². The van der Waals surface area contributed by atoms with Gasteiger partial charge in [0.1, 0.15) is 0 Å². The van der Waals surface area contributed by atoms with Crippen LogP contribution in [0.5, 0.6) is 0 Å². The first-order valence-corrected chi connectivity index (χ1v) is 6.07. The molecule has 2 heterocycles. The number of nitrogens with one attached hydrogen (secondary N) is 1. The Bertz CT molecular complexity index is 411. The fourth-order valence-corrected chi connectivity index (χ4v) is 2.20. The molecule has 0 aliphatic carbocycles. The number of aromatic nitrogens is 2. The molecule has 1 saturated heterocycles. The Labute approximate surface area is 102 Å². The summed E-state index contributed by atoms with van der Waals surface area (Å²) in [6.07, 6.45) is 2.07. The highest BCUT2D eigenvalue weighted by molar-refractivity contribution is 5.78. The van der Waals surface area contributed by atoms with Gasteiger partial charge in [-0.05, 0) is 11.5 Å². The van der Waals surface area contributed by atoms with Gasteiger partial charge in [0.25, 0.3) is 0 Å². The molecule has 1 aromatic heterocycles. The Kier molecular flexibility index (Phi) is 3.47. The fourth-order valence-electron chi connectivity index (χ4n) is 2.20. The second-order valence-electron chi connectivity index (χ2n) is 4.92. The molecule has 94 valence electrons. The maximum atomic E-state index is 11.3. The highest BCUT2D eigenvalue weighted by atomic mass is 16.2. The lowest BCUT2D eigenvalue weighted by Gasteiger charge is -2.26. The molecule has 1 aliphatic rings. The number of rotatable bonds is 3. The van der Waals surface area contributed by atoms with Crippen molar-refractivity contribution >= 4 is 5.91 Å². The SMILES string of the molecule is CC(C)c1cn(C)nc1CN1CCNC(=O)C1. The summed E-state index contributed by atoms with van der Waals surface area (Å²) in [6.45, 7) is 7.23. The van der Waals surface area contributed by atoms with Crippen LogP contribution >= 0.6 is 0 Å². The Balaban J connectivity index is 2.09. The standard InChI is InChI=1S/C12H20N4O/c1-9(2)10-6-15(3)14-11(10)7-16-5-4-13-12(17)8-16/h6,9H,4-5,7-8H2,1-3H3,(H,13,17). The maximum Gasteiger partial charge on any atom is 0.234 e. The molecule has 1 N–H and O–H groups in total. The van der Waals surface area contributed by atoms with Gasteiger partial charge in [0, 0.05) is 32.9 Å². The Morgan fingerprint density at radius 3 is 2.94 bits per heavy atom. The molecular formula is C12H20N4O. The quantitative estimate of drug-likeness (QED) is 0.830. The van der Waals surface area contributed by atoms with Crippen LogP contribution in [-0.2, 0) is 18.4 Å². The normalized spacial score (nSPS) is 17.5. The van der Waals surface area contributed by atoms with Crippen molar-refractivity contribution in [1.29, 1.82) is 0 Å². The van der Waals surface area contributed by atoms with E-state index >= 15 is 0 Å². The highest BCUT2D eigenvalue weighted by Gasteiger charge is 2.19. The molecule has 17 heavy (non-hydrogen) atoms. The van der Waals surface area contributed by atoms with Crippen LogP contribution in [0.1, 0.15) is 31.0 Å². The average Bonchev–Trinajstić information content (AvgIpc) is 2.59. The number of carbonyl (C=O) groups excluding carboxylic acids is 1. The highest BCUT2D eigenvalue weighted by Crippen LogP contribution is 2.19. The molecule has 0 spiro atoms. The zero-order valence-electron chi connectivity index (χ0n) is 10.7. The van der Waals surface area contributed by atoms with Crippen LogP contribution in [0.2, 0.25) is 0 Å². The van der Waals surface area contributed by atoms with Gasteiger partial charge in [0.05, 0.1) is 12.2 Å². The molecule has 2 rings (SSSR count). The molecular weight excluding hydrogens is 216 g/mol. The largest absolute Gasteiger partial charge is 0.354 e. The van der Waals surface area contributed by atoms with Crippen molar-refractivity contribution in [2.45, 2.75) is 26.3 Å². The first-order valence-electron chi connectivity index (χ1n) is 6.07. The second-order valence-corrected chi connectivity index (χ2v) is 4.92. The van der Waals surface area contributed by atoms with Crippen molar-refractivity contribution in [3.8, 4) is 0 Å². The van der Waals surface area contributed by atoms with Gasteiger partial charge >= 0.3 is 0 Å². The molecule has 1 aliphatic heterocycles. The molecule has 0 bridgehead atoms. The van der Waals surface area contributed by atoms with E-state index in [0.29, 0.717) is 12.5 Å². The molecule has 0 aromatic carbocycles. The zero-order chi connectivity index (χ0) is 12.4. The van der Waals surface area contributed by atoms with E-state index in [1.165, 1.54) is 5.56 Å². The number of aryl methyl sites for hydroxylation is 1. The third kappa shape index (κ3) is 2.85. The minimum Gasteiger partial charge on any atom is -0.354 e. The van der Waals surface area contributed by atoms with Gasteiger partial charge in [0.2, 0.25) is 5.91 Å². The van der Waals surface area contributed by atoms with Crippen molar-refractivity contribution in [3.05, 3.63) is 17.5 Å². The number of piperazine rings is 1. The first kappa shape index (κ1) is 12.1. The number of nitrogens with zero attached hydrogens (tertiary/aromatic N) is 3. The number of amides is 1. The molecule has 1 fully saturated rings. The maximum absolute atomic E-state index is 11.3. The van der Waals surface area contributed by atoms with E-state index in [-0.39, 0.29) is 5.91 Å². The van der Waals surface area contributed by atoms with Gasteiger partial charge in [-0.15, -0.1) is 0 Å². The lowest BCUT2D eigenvalue weighted by molar-refractivity contribution is -0.124. The zero-order valence-corrected chi connectivity index (χ0v) is 10.7. The minimum absolute atomic E-state index is 0.110. The monoisotopic (exact) mass is 236 g/mol. The summed E-state index contributed by atoms with van der Waals surface area (Å²) < 4.78 is 1.86. The minimum atomic E-state index is 0.110. The van der Waals surface area contributed by atoms with Gasteiger partial charge in [-0.25, -0.2) is 0 Å². The number of hydrogen-bond donors (Lipinski definition) is 1. The topological polar surface area (TPSA) is 50.2 Å². The van der Waals surface area contributed by atoms with E-state index < -0.39 is 0 Å². The van der Waals surface area contributed by atoms with Crippen molar-refractivity contribution in [3.63, 3.8) is 0 Å². The summed E-state index contributed by atoms with van der Waals surface area (Å²) >= 11 is 0. The van der Waals surface area contributed by atoms with Gasteiger partial charge in [-0.3, -0.25) is 14.4 Å². The molecule has 0 atom stereocenters. The van der Waals surface area contributed by atoms with E-state index in [1.54, 1.807) is 0 Å². The molecule has 0 unspecified atom stereocenters. The molecule has 5 nitrogen and oxygen atoms in total. The van der Waals surface area contributed by atoms with E-state index in [0.717, 1.165) is 25.3 Å². The van der Waals surface area contributed by atoms with Crippen LogP contribution in [0.3, 0.4) is 0 Å². The van der Waals surface area contributed by atoms with E-state index in [9.17, 15) is 4.79 Å². The Morgan fingerprint density at radius 1 is 1.53 bits per heavy atom. The summed E-state index contributed by atoms with van der Waals surface area (Å²) in [5.74, 6) is 0.579. The van der Waals surface area contributed by atoms with E-state index in [4.69, 9.17) is 0 Å². The lowest BCUT2D eigenvalue weighted by Crippen LogP contribution is -2.47. The van der Waals surface area contributed by atoms with Crippen molar-refractivity contribution in [2.75, 3.05) is 19.6 Å². The summed E-state index contributed by atoms with van der Waals surface area (Å²) in [5, 5.41) is 7.33. The predicted octanol–water partition coefficient (Wildman–Crippen LogP) is 0.475. The summed E-state index contributed by atoms with van der Waals surface area (Å²) in [7, 11) is 1.94. The van der Waals surface area contributed by atoms with Crippen LogP contribution in [0, 0.1) is 0 Å². The molecule has 1 amide bonds. The van der Waals surface area contributed by atoms with E-state index in [2.05, 4.69) is 35.4 Å². The second kappa shape index (κ2) is 4.87. The summed E-state index contributed by atoms with van der Waals surface area (Å²) in [6, 6.07) is 0. The van der Waals surface area contributed by atoms with Gasteiger partial charge in [0.15, 0.2) is 0 Å². The number of hydrogen-bond acceptors (Lipinski definition) is 3. The van der Waals surface area contributed by atoms with Gasteiger partial charge < -0.3 is 5.32 Å². The molecule has 0 radical (unpaired) electrons. The third-order valence-corrected chi connectivity index (χ3v) is 3.05. The average molecular weight is 236 g/mol. The van der Waals surface area contributed by atoms with Gasteiger partial charge in [-0.2, -0.15) is 5.10 Å². The van der Waals surface area contributed by atoms with Crippen LogP contribution in [0.15, 0.2) is 6.20 Å². The molecule has 0 saturated carbocycles. The van der Waals surface area contributed by atoms with E-state index in [1.807, 2.05) is 11.7 Å². The molecule has 1 aromatic rings. The molecule has 5 heteroatoms. The van der Waals surface area contributed by atoms with Crippen LogP contribution in [0.25, 0.3) is 0 Å². The summed E-state index contributed by atoms with van der Waals surface area (Å²) in [4.78, 5) is 13.5. The van der Waals surface area contributed by atoms with Gasteiger partial charge in [-0.1, -0.05) is 13.8 Å². The Hall–Kier alpha value is -1.36. The van der Waals surface area contributed by atoms with Crippen LogP contribution in [0.4, 0.5) is 0 Å². The van der Waals surface area contributed by atoms with Crippen molar-refractivity contribution in [2.24, 2.45) is 7.05 Å². The van der Waals surface area contributed by atoms with Crippen molar-refractivity contribution < 1.29 is 4.79 Å². The van der Waals surface area contributed by atoms with Crippen LogP contribution < -0.4 is 5.32 Å². The predicted molar refractivity (Wildman–Crippen MR) is 65.6 cm³/mol. The number of carbonyl (C=O) groups is 1. The first-order chi connectivity index (χ1) is 8.06.